The predicted molar refractivity (Wildman–Crippen MR) is 115 cm³/mol. The van der Waals surface area contributed by atoms with Crippen molar-refractivity contribution < 1.29 is 9.59 Å². The first-order chi connectivity index (χ1) is 13.9. The van der Waals surface area contributed by atoms with Crippen LogP contribution in [0, 0.1) is 0 Å². The highest BCUT2D eigenvalue weighted by atomic mass is 16.2. The standard InChI is InChI=1S/C22H23N5O2/c1-14(2)16-4-6-19(7-5-16)25-22(29)20-12-13-21(27-26-20)24-18-10-8-17(9-11-18)23-15(3)28/h4-14H,1-3H3,(H,23,28)(H,24,27)(H,25,29). The summed E-state index contributed by atoms with van der Waals surface area (Å²) < 4.78 is 0. The van der Waals surface area contributed by atoms with Crippen LogP contribution in [-0.2, 0) is 4.79 Å². The Morgan fingerprint density at radius 1 is 0.759 bits per heavy atom. The largest absolute Gasteiger partial charge is 0.339 e. The predicted octanol–water partition coefficient (Wildman–Crippen LogP) is 4.55. The first kappa shape index (κ1) is 20.0. The normalized spacial score (nSPS) is 10.5. The molecule has 0 aliphatic heterocycles. The maximum atomic E-state index is 12.4. The number of nitrogens with zero attached hydrogens (tertiary/aromatic N) is 2. The third-order valence-electron chi connectivity index (χ3n) is 4.21. The Labute approximate surface area is 169 Å². The van der Waals surface area contributed by atoms with Gasteiger partial charge < -0.3 is 16.0 Å². The number of aromatic nitrogens is 2. The summed E-state index contributed by atoms with van der Waals surface area (Å²) in [7, 11) is 0. The third kappa shape index (κ3) is 5.62. The van der Waals surface area contributed by atoms with Gasteiger partial charge >= 0.3 is 0 Å². The highest BCUT2D eigenvalue weighted by molar-refractivity contribution is 6.02. The lowest BCUT2D eigenvalue weighted by Crippen LogP contribution is -2.14. The molecular weight excluding hydrogens is 366 g/mol. The molecule has 1 heterocycles. The lowest BCUT2D eigenvalue weighted by atomic mass is 10.0. The van der Waals surface area contributed by atoms with Crippen LogP contribution in [0.1, 0.15) is 42.7 Å². The Kier molecular flexibility index (Phi) is 6.19. The van der Waals surface area contributed by atoms with Gasteiger partial charge in [0, 0.05) is 24.0 Å². The van der Waals surface area contributed by atoms with E-state index in [2.05, 4.69) is 40.0 Å². The van der Waals surface area contributed by atoms with E-state index in [1.54, 1.807) is 24.3 Å². The van der Waals surface area contributed by atoms with E-state index in [4.69, 9.17) is 0 Å². The lowest BCUT2D eigenvalue weighted by Gasteiger charge is -2.09. The van der Waals surface area contributed by atoms with Crippen LogP contribution < -0.4 is 16.0 Å². The fraction of sp³-hybridized carbons (Fsp3) is 0.182. The van der Waals surface area contributed by atoms with Gasteiger partial charge in [0.1, 0.15) is 0 Å². The average molecular weight is 389 g/mol. The number of carbonyl (C=O) groups excluding carboxylic acids is 2. The zero-order valence-corrected chi connectivity index (χ0v) is 16.6. The molecule has 7 heteroatoms. The van der Waals surface area contributed by atoms with E-state index in [1.165, 1.54) is 12.5 Å². The van der Waals surface area contributed by atoms with Crippen molar-refractivity contribution >= 4 is 34.7 Å². The van der Waals surface area contributed by atoms with Gasteiger partial charge in [-0.1, -0.05) is 26.0 Å². The number of nitrogens with one attached hydrogen (secondary N) is 3. The highest BCUT2D eigenvalue weighted by Gasteiger charge is 2.09. The second kappa shape index (κ2) is 8.97. The van der Waals surface area contributed by atoms with Gasteiger partial charge in [-0.25, -0.2) is 0 Å². The minimum Gasteiger partial charge on any atom is -0.339 e. The van der Waals surface area contributed by atoms with E-state index in [0.29, 0.717) is 23.1 Å². The minimum atomic E-state index is -0.319. The number of hydrogen-bond acceptors (Lipinski definition) is 5. The van der Waals surface area contributed by atoms with Gasteiger partial charge in [-0.2, -0.15) is 0 Å². The highest BCUT2D eigenvalue weighted by Crippen LogP contribution is 2.19. The zero-order valence-electron chi connectivity index (χ0n) is 16.6. The van der Waals surface area contributed by atoms with Crippen LogP contribution in [0.2, 0.25) is 0 Å². The van der Waals surface area contributed by atoms with Crippen LogP contribution in [0.4, 0.5) is 22.9 Å². The lowest BCUT2D eigenvalue weighted by molar-refractivity contribution is -0.114. The van der Waals surface area contributed by atoms with Crippen LogP contribution in [0.3, 0.4) is 0 Å². The van der Waals surface area contributed by atoms with Crippen molar-refractivity contribution in [3.63, 3.8) is 0 Å². The first-order valence-corrected chi connectivity index (χ1v) is 9.30. The van der Waals surface area contributed by atoms with Crippen LogP contribution in [0.5, 0.6) is 0 Å². The monoisotopic (exact) mass is 389 g/mol. The smallest absolute Gasteiger partial charge is 0.276 e. The molecule has 0 fully saturated rings. The molecule has 2 aromatic carbocycles. The Bertz CT molecular complexity index is 981. The van der Waals surface area contributed by atoms with Crippen molar-refractivity contribution in [1.82, 2.24) is 10.2 Å². The Balaban J connectivity index is 1.60. The summed E-state index contributed by atoms with van der Waals surface area (Å²) in [6.45, 7) is 5.70. The molecule has 3 aromatic rings. The first-order valence-electron chi connectivity index (χ1n) is 9.30. The molecule has 2 amide bonds. The van der Waals surface area contributed by atoms with Crippen LogP contribution in [0.15, 0.2) is 60.7 Å². The Morgan fingerprint density at radius 3 is 1.90 bits per heavy atom. The van der Waals surface area contributed by atoms with Gasteiger partial charge in [0.2, 0.25) is 5.91 Å². The second-order valence-electron chi connectivity index (χ2n) is 6.92. The molecule has 3 N–H and O–H groups in total. The molecule has 7 nitrogen and oxygen atoms in total. The van der Waals surface area contributed by atoms with Crippen LogP contribution >= 0.6 is 0 Å². The van der Waals surface area contributed by atoms with Gasteiger partial charge in [-0.15, -0.1) is 10.2 Å². The number of amides is 2. The molecular formula is C22H23N5O2. The van der Waals surface area contributed by atoms with E-state index in [0.717, 1.165) is 5.69 Å². The molecule has 0 saturated carbocycles. The molecule has 0 radical (unpaired) electrons. The van der Waals surface area contributed by atoms with Crippen molar-refractivity contribution in [1.29, 1.82) is 0 Å². The Morgan fingerprint density at radius 2 is 1.34 bits per heavy atom. The number of rotatable bonds is 6. The third-order valence-corrected chi connectivity index (χ3v) is 4.21. The summed E-state index contributed by atoms with van der Waals surface area (Å²) in [5.41, 5.74) is 3.65. The van der Waals surface area contributed by atoms with E-state index in [-0.39, 0.29) is 17.5 Å². The molecule has 29 heavy (non-hydrogen) atoms. The molecule has 0 aliphatic carbocycles. The van der Waals surface area contributed by atoms with Gasteiger partial charge in [-0.3, -0.25) is 9.59 Å². The van der Waals surface area contributed by atoms with E-state index < -0.39 is 0 Å². The van der Waals surface area contributed by atoms with Crippen molar-refractivity contribution in [3.8, 4) is 0 Å². The maximum Gasteiger partial charge on any atom is 0.276 e. The van der Waals surface area contributed by atoms with E-state index in [1.807, 2.05) is 36.4 Å². The van der Waals surface area contributed by atoms with E-state index in [9.17, 15) is 9.59 Å². The van der Waals surface area contributed by atoms with Gasteiger partial charge in [0.15, 0.2) is 11.5 Å². The van der Waals surface area contributed by atoms with Gasteiger partial charge in [-0.05, 0) is 60.0 Å². The summed E-state index contributed by atoms with van der Waals surface area (Å²) >= 11 is 0. The number of anilines is 4. The molecule has 0 spiro atoms. The maximum absolute atomic E-state index is 12.4. The second-order valence-corrected chi connectivity index (χ2v) is 6.92. The number of hydrogen-bond donors (Lipinski definition) is 3. The van der Waals surface area contributed by atoms with Crippen molar-refractivity contribution in [2.24, 2.45) is 0 Å². The fourth-order valence-electron chi connectivity index (χ4n) is 2.65. The van der Waals surface area contributed by atoms with Gasteiger partial charge in [0.25, 0.3) is 5.91 Å². The zero-order chi connectivity index (χ0) is 20.8. The van der Waals surface area contributed by atoms with Crippen LogP contribution in [-0.4, -0.2) is 22.0 Å². The van der Waals surface area contributed by atoms with Crippen molar-refractivity contribution in [2.75, 3.05) is 16.0 Å². The summed E-state index contributed by atoms with van der Waals surface area (Å²) in [5, 5.41) is 16.7. The molecule has 0 bridgehead atoms. The molecule has 1 aromatic heterocycles. The molecule has 3 rings (SSSR count). The quantitative estimate of drug-likeness (QED) is 0.575. The summed E-state index contributed by atoms with van der Waals surface area (Å²) in [6, 6.07) is 18.2. The van der Waals surface area contributed by atoms with Crippen LogP contribution in [0.25, 0.3) is 0 Å². The Hall–Kier alpha value is -3.74. The number of carbonyl (C=O) groups is 2. The van der Waals surface area contributed by atoms with Crippen molar-refractivity contribution in [3.05, 3.63) is 71.9 Å². The SMILES string of the molecule is CC(=O)Nc1ccc(Nc2ccc(C(=O)Nc3ccc(C(C)C)cc3)nn2)cc1. The summed E-state index contributed by atoms with van der Waals surface area (Å²) in [6.07, 6.45) is 0. The molecule has 0 atom stereocenters. The molecule has 148 valence electrons. The van der Waals surface area contributed by atoms with Crippen molar-refractivity contribution in [2.45, 2.75) is 26.7 Å². The summed E-state index contributed by atoms with van der Waals surface area (Å²) in [5.74, 6) is 0.504. The summed E-state index contributed by atoms with van der Waals surface area (Å²) in [4.78, 5) is 23.4. The topological polar surface area (TPSA) is 96.0 Å². The van der Waals surface area contributed by atoms with E-state index >= 15 is 0 Å². The number of benzene rings is 2. The molecule has 0 saturated heterocycles. The fourth-order valence-corrected chi connectivity index (χ4v) is 2.65. The molecule has 0 aliphatic rings. The average Bonchev–Trinajstić information content (AvgIpc) is 2.70. The minimum absolute atomic E-state index is 0.124. The van der Waals surface area contributed by atoms with Gasteiger partial charge in [0.05, 0.1) is 0 Å². The molecule has 0 unspecified atom stereocenters.